The number of amides is 1. The molecule has 2 aliphatic rings. The second-order valence-electron chi connectivity index (χ2n) is 4.78. The standard InChI is InChI=1S/C11H20N2O2/c1-15-10(14)13-7-3-2-4-11(9-13)5-6-12-8-11/h12H,2-9H2,1H3. The van der Waals surface area contributed by atoms with Gasteiger partial charge in [-0.05, 0) is 25.8 Å². The first-order valence-corrected chi connectivity index (χ1v) is 5.79. The lowest BCUT2D eigenvalue weighted by Gasteiger charge is -2.31. The molecular weight excluding hydrogens is 192 g/mol. The van der Waals surface area contributed by atoms with Gasteiger partial charge in [0.25, 0.3) is 0 Å². The fourth-order valence-corrected chi connectivity index (χ4v) is 2.79. The third-order valence-corrected chi connectivity index (χ3v) is 3.68. The number of nitrogens with zero attached hydrogens (tertiary/aromatic N) is 1. The van der Waals surface area contributed by atoms with Crippen molar-refractivity contribution >= 4 is 6.09 Å². The van der Waals surface area contributed by atoms with Gasteiger partial charge in [0.15, 0.2) is 0 Å². The van der Waals surface area contributed by atoms with Crippen LogP contribution in [0.2, 0.25) is 0 Å². The van der Waals surface area contributed by atoms with Gasteiger partial charge in [-0.25, -0.2) is 4.79 Å². The largest absolute Gasteiger partial charge is 0.453 e. The number of carbonyl (C=O) groups is 1. The molecule has 1 unspecified atom stereocenters. The van der Waals surface area contributed by atoms with Gasteiger partial charge < -0.3 is 15.0 Å². The molecule has 15 heavy (non-hydrogen) atoms. The van der Waals surface area contributed by atoms with E-state index in [1.165, 1.54) is 26.4 Å². The summed E-state index contributed by atoms with van der Waals surface area (Å²) >= 11 is 0. The first-order chi connectivity index (χ1) is 7.26. The molecule has 2 heterocycles. The summed E-state index contributed by atoms with van der Waals surface area (Å²) in [5.74, 6) is 0. The molecule has 0 aromatic rings. The second-order valence-corrected chi connectivity index (χ2v) is 4.78. The van der Waals surface area contributed by atoms with Crippen molar-refractivity contribution in [3.63, 3.8) is 0 Å². The van der Waals surface area contributed by atoms with Crippen LogP contribution in [0.5, 0.6) is 0 Å². The highest BCUT2D eigenvalue weighted by molar-refractivity contribution is 5.67. The minimum absolute atomic E-state index is 0.164. The summed E-state index contributed by atoms with van der Waals surface area (Å²) in [6.45, 7) is 3.87. The Labute approximate surface area is 91.0 Å². The molecule has 86 valence electrons. The van der Waals surface area contributed by atoms with Crippen LogP contribution in [-0.4, -0.2) is 44.3 Å². The molecule has 0 bridgehead atoms. The zero-order chi connectivity index (χ0) is 10.7. The van der Waals surface area contributed by atoms with E-state index in [9.17, 15) is 4.79 Å². The van der Waals surface area contributed by atoms with E-state index in [0.717, 1.165) is 32.6 Å². The number of hydrogen-bond acceptors (Lipinski definition) is 3. The third-order valence-electron chi connectivity index (χ3n) is 3.68. The number of hydrogen-bond donors (Lipinski definition) is 1. The van der Waals surface area contributed by atoms with Gasteiger partial charge in [0.2, 0.25) is 0 Å². The van der Waals surface area contributed by atoms with Gasteiger partial charge in [-0.3, -0.25) is 0 Å². The van der Waals surface area contributed by atoms with Crippen molar-refractivity contribution in [2.24, 2.45) is 5.41 Å². The Hall–Kier alpha value is -0.770. The van der Waals surface area contributed by atoms with Crippen molar-refractivity contribution < 1.29 is 9.53 Å². The summed E-state index contributed by atoms with van der Waals surface area (Å²) in [5, 5.41) is 3.41. The number of ether oxygens (including phenoxy) is 1. The van der Waals surface area contributed by atoms with Crippen LogP contribution in [0.4, 0.5) is 4.79 Å². The molecule has 1 spiro atoms. The van der Waals surface area contributed by atoms with Crippen LogP contribution in [0, 0.1) is 5.41 Å². The average Bonchev–Trinajstić information content (AvgIpc) is 2.59. The van der Waals surface area contributed by atoms with E-state index in [2.05, 4.69) is 5.32 Å². The third kappa shape index (κ3) is 2.25. The van der Waals surface area contributed by atoms with Crippen LogP contribution in [0.15, 0.2) is 0 Å². The lowest BCUT2D eigenvalue weighted by molar-refractivity contribution is 0.107. The quantitative estimate of drug-likeness (QED) is 0.656. The fraction of sp³-hybridized carbons (Fsp3) is 0.909. The highest BCUT2D eigenvalue weighted by atomic mass is 16.5. The Balaban J connectivity index is 2.04. The lowest BCUT2D eigenvalue weighted by Crippen LogP contribution is -2.41. The van der Waals surface area contributed by atoms with E-state index in [-0.39, 0.29) is 6.09 Å². The highest BCUT2D eigenvalue weighted by Crippen LogP contribution is 2.34. The minimum Gasteiger partial charge on any atom is -0.453 e. The SMILES string of the molecule is COC(=O)N1CCCCC2(CCNC2)C1. The molecular formula is C11H20N2O2. The van der Waals surface area contributed by atoms with Crippen molar-refractivity contribution in [1.82, 2.24) is 10.2 Å². The number of methoxy groups -OCH3 is 1. The molecule has 1 amide bonds. The molecule has 2 fully saturated rings. The van der Waals surface area contributed by atoms with Crippen LogP contribution in [0.3, 0.4) is 0 Å². The number of nitrogens with one attached hydrogen (secondary N) is 1. The maximum absolute atomic E-state index is 11.5. The molecule has 2 rings (SSSR count). The Kier molecular flexibility index (Phi) is 3.14. The molecule has 0 saturated carbocycles. The van der Waals surface area contributed by atoms with Crippen molar-refractivity contribution in [2.75, 3.05) is 33.3 Å². The normalized spacial score (nSPS) is 31.7. The van der Waals surface area contributed by atoms with Crippen LogP contribution in [-0.2, 0) is 4.74 Å². The molecule has 0 aromatic carbocycles. The topological polar surface area (TPSA) is 41.6 Å². The Morgan fingerprint density at radius 1 is 1.40 bits per heavy atom. The predicted molar refractivity (Wildman–Crippen MR) is 57.7 cm³/mol. The molecule has 4 nitrogen and oxygen atoms in total. The Morgan fingerprint density at radius 3 is 2.93 bits per heavy atom. The first kappa shape index (κ1) is 10.7. The van der Waals surface area contributed by atoms with E-state index in [1.807, 2.05) is 4.90 Å². The Morgan fingerprint density at radius 2 is 2.27 bits per heavy atom. The van der Waals surface area contributed by atoms with E-state index in [4.69, 9.17) is 4.74 Å². The number of likely N-dealkylation sites (tertiary alicyclic amines) is 1. The van der Waals surface area contributed by atoms with Gasteiger partial charge in [-0.15, -0.1) is 0 Å². The lowest BCUT2D eigenvalue weighted by atomic mass is 9.82. The summed E-state index contributed by atoms with van der Waals surface area (Å²) in [7, 11) is 1.47. The summed E-state index contributed by atoms with van der Waals surface area (Å²) in [5.41, 5.74) is 0.324. The van der Waals surface area contributed by atoms with Gasteiger partial charge in [0, 0.05) is 25.0 Å². The summed E-state index contributed by atoms with van der Waals surface area (Å²) < 4.78 is 4.81. The van der Waals surface area contributed by atoms with E-state index in [0.29, 0.717) is 5.41 Å². The fourth-order valence-electron chi connectivity index (χ4n) is 2.79. The van der Waals surface area contributed by atoms with Gasteiger partial charge in [0.05, 0.1) is 7.11 Å². The van der Waals surface area contributed by atoms with E-state index in [1.54, 1.807) is 0 Å². The number of carbonyl (C=O) groups excluding carboxylic acids is 1. The van der Waals surface area contributed by atoms with Crippen LogP contribution in [0.25, 0.3) is 0 Å². The van der Waals surface area contributed by atoms with Crippen LogP contribution in [0.1, 0.15) is 25.7 Å². The zero-order valence-electron chi connectivity index (χ0n) is 9.42. The Bertz CT molecular complexity index is 237. The van der Waals surface area contributed by atoms with Gasteiger partial charge >= 0.3 is 6.09 Å². The van der Waals surface area contributed by atoms with Crippen LogP contribution < -0.4 is 5.32 Å². The monoisotopic (exact) mass is 212 g/mol. The minimum atomic E-state index is -0.164. The molecule has 0 aliphatic carbocycles. The van der Waals surface area contributed by atoms with Gasteiger partial charge in [-0.1, -0.05) is 6.42 Å². The number of rotatable bonds is 0. The second kappa shape index (κ2) is 4.39. The van der Waals surface area contributed by atoms with Crippen molar-refractivity contribution in [3.8, 4) is 0 Å². The van der Waals surface area contributed by atoms with Crippen molar-refractivity contribution in [2.45, 2.75) is 25.7 Å². The first-order valence-electron chi connectivity index (χ1n) is 5.79. The highest BCUT2D eigenvalue weighted by Gasteiger charge is 2.38. The summed E-state index contributed by atoms with van der Waals surface area (Å²) in [6.07, 6.45) is 4.61. The molecule has 2 aliphatic heterocycles. The summed E-state index contributed by atoms with van der Waals surface area (Å²) in [4.78, 5) is 13.4. The summed E-state index contributed by atoms with van der Waals surface area (Å²) in [6, 6.07) is 0. The van der Waals surface area contributed by atoms with E-state index < -0.39 is 0 Å². The van der Waals surface area contributed by atoms with E-state index >= 15 is 0 Å². The molecule has 0 aromatic heterocycles. The smallest absolute Gasteiger partial charge is 0.409 e. The maximum Gasteiger partial charge on any atom is 0.409 e. The van der Waals surface area contributed by atoms with Gasteiger partial charge in [0.1, 0.15) is 0 Å². The molecule has 1 N–H and O–H groups in total. The van der Waals surface area contributed by atoms with Crippen molar-refractivity contribution in [1.29, 1.82) is 0 Å². The molecule has 4 heteroatoms. The van der Waals surface area contributed by atoms with Crippen molar-refractivity contribution in [3.05, 3.63) is 0 Å². The predicted octanol–water partition coefficient (Wildman–Crippen LogP) is 1.22. The zero-order valence-corrected chi connectivity index (χ0v) is 9.42. The molecule has 0 radical (unpaired) electrons. The van der Waals surface area contributed by atoms with Crippen LogP contribution >= 0.6 is 0 Å². The van der Waals surface area contributed by atoms with Gasteiger partial charge in [-0.2, -0.15) is 0 Å². The average molecular weight is 212 g/mol. The maximum atomic E-state index is 11.5. The molecule has 2 saturated heterocycles. The molecule has 1 atom stereocenters.